The van der Waals surface area contributed by atoms with Gasteiger partial charge in [0, 0.05) is 18.8 Å². The van der Waals surface area contributed by atoms with Crippen LogP contribution in [0.3, 0.4) is 0 Å². The molecular formula is C16H23N3O. The van der Waals surface area contributed by atoms with Crippen LogP contribution in [0.4, 0.5) is 0 Å². The number of carbonyl (C=O) groups is 1. The Hall–Kier alpha value is -1.42. The van der Waals surface area contributed by atoms with Crippen molar-refractivity contribution in [1.29, 1.82) is 0 Å². The number of pyridine rings is 1. The summed E-state index contributed by atoms with van der Waals surface area (Å²) in [5.41, 5.74) is 1.77. The van der Waals surface area contributed by atoms with Gasteiger partial charge in [-0.15, -0.1) is 0 Å². The van der Waals surface area contributed by atoms with Crippen LogP contribution in [0.5, 0.6) is 0 Å². The second-order valence-corrected chi connectivity index (χ2v) is 6.12. The zero-order chi connectivity index (χ0) is 13.9. The molecule has 0 bridgehead atoms. The maximum atomic E-state index is 12.2. The molecule has 4 nitrogen and oxygen atoms in total. The summed E-state index contributed by atoms with van der Waals surface area (Å²) in [5.74, 6) is 0.655. The maximum absolute atomic E-state index is 12.2. The van der Waals surface area contributed by atoms with Crippen LogP contribution < -0.4 is 5.32 Å². The standard InChI is InChI=1S/C16H23N3O/c1-19-9-3-6-15(19)13-7-8-17-14(10-13)16(20)18-11-12-4-2-5-12/h7-8,10,12,15H,2-6,9,11H2,1H3,(H,18,20)/t15-/m0/s1. The number of rotatable bonds is 4. The summed E-state index contributed by atoms with van der Waals surface area (Å²) in [7, 11) is 2.15. The van der Waals surface area contributed by atoms with Gasteiger partial charge in [0.2, 0.25) is 0 Å². The van der Waals surface area contributed by atoms with Crippen LogP contribution in [0.25, 0.3) is 0 Å². The van der Waals surface area contributed by atoms with Gasteiger partial charge >= 0.3 is 0 Å². The van der Waals surface area contributed by atoms with E-state index in [2.05, 4.69) is 22.2 Å². The van der Waals surface area contributed by atoms with Crippen molar-refractivity contribution in [1.82, 2.24) is 15.2 Å². The Morgan fingerprint density at radius 3 is 2.90 bits per heavy atom. The highest BCUT2D eigenvalue weighted by atomic mass is 16.1. The summed E-state index contributed by atoms with van der Waals surface area (Å²) >= 11 is 0. The predicted octanol–water partition coefficient (Wildman–Crippen LogP) is 2.38. The summed E-state index contributed by atoms with van der Waals surface area (Å²) in [5, 5.41) is 3.01. The normalized spacial score (nSPS) is 23.6. The molecule has 20 heavy (non-hydrogen) atoms. The van der Waals surface area contributed by atoms with E-state index in [1.165, 1.54) is 37.7 Å². The number of nitrogens with zero attached hydrogens (tertiary/aromatic N) is 2. The average molecular weight is 273 g/mol. The fraction of sp³-hybridized carbons (Fsp3) is 0.625. The average Bonchev–Trinajstić information content (AvgIpc) is 2.83. The van der Waals surface area contributed by atoms with E-state index in [1.807, 2.05) is 12.1 Å². The van der Waals surface area contributed by atoms with Gasteiger partial charge in [0.25, 0.3) is 5.91 Å². The fourth-order valence-corrected chi connectivity index (χ4v) is 3.13. The lowest BCUT2D eigenvalue weighted by Crippen LogP contribution is -2.32. The van der Waals surface area contributed by atoms with E-state index in [9.17, 15) is 4.79 Å². The number of hydrogen-bond donors (Lipinski definition) is 1. The Bertz CT molecular complexity index is 484. The second kappa shape index (κ2) is 5.92. The Morgan fingerprint density at radius 2 is 2.25 bits per heavy atom. The van der Waals surface area contributed by atoms with E-state index in [0.717, 1.165) is 13.1 Å². The monoisotopic (exact) mass is 273 g/mol. The van der Waals surface area contributed by atoms with Gasteiger partial charge in [0.05, 0.1) is 0 Å². The number of hydrogen-bond acceptors (Lipinski definition) is 3. The van der Waals surface area contributed by atoms with E-state index in [0.29, 0.717) is 17.7 Å². The van der Waals surface area contributed by atoms with Crippen LogP contribution >= 0.6 is 0 Å². The van der Waals surface area contributed by atoms with Gasteiger partial charge in [-0.05, 0) is 62.9 Å². The fourth-order valence-electron chi connectivity index (χ4n) is 3.13. The zero-order valence-corrected chi connectivity index (χ0v) is 12.1. The molecule has 2 aliphatic rings. The van der Waals surface area contributed by atoms with Crippen molar-refractivity contribution >= 4 is 5.91 Å². The number of carbonyl (C=O) groups excluding carboxylic acids is 1. The molecule has 108 valence electrons. The van der Waals surface area contributed by atoms with Gasteiger partial charge in [0.15, 0.2) is 0 Å². The lowest BCUT2D eigenvalue weighted by atomic mass is 9.85. The zero-order valence-electron chi connectivity index (χ0n) is 12.1. The molecule has 1 atom stereocenters. The SMILES string of the molecule is CN1CCC[C@H]1c1ccnc(C(=O)NCC2CCC2)c1. The molecule has 0 unspecified atom stereocenters. The largest absolute Gasteiger partial charge is 0.350 e. The highest BCUT2D eigenvalue weighted by molar-refractivity contribution is 5.92. The predicted molar refractivity (Wildman–Crippen MR) is 78.5 cm³/mol. The number of aromatic nitrogens is 1. The first-order valence-corrected chi connectivity index (χ1v) is 7.68. The molecule has 1 aromatic heterocycles. The summed E-state index contributed by atoms with van der Waals surface area (Å²) in [6.07, 6.45) is 7.97. The molecule has 2 heterocycles. The summed E-state index contributed by atoms with van der Waals surface area (Å²) in [6, 6.07) is 4.44. The molecule has 1 saturated carbocycles. The molecule has 4 heteroatoms. The van der Waals surface area contributed by atoms with Crippen molar-refractivity contribution in [3.05, 3.63) is 29.6 Å². The molecule has 2 fully saturated rings. The minimum Gasteiger partial charge on any atom is -0.350 e. The minimum absolute atomic E-state index is 0.0283. The van der Waals surface area contributed by atoms with E-state index >= 15 is 0 Å². The molecule has 0 radical (unpaired) electrons. The van der Waals surface area contributed by atoms with Crippen molar-refractivity contribution in [3.63, 3.8) is 0 Å². The maximum Gasteiger partial charge on any atom is 0.269 e. The van der Waals surface area contributed by atoms with Crippen LogP contribution in [-0.4, -0.2) is 35.9 Å². The summed E-state index contributed by atoms with van der Waals surface area (Å²) in [4.78, 5) is 18.7. The highest BCUT2D eigenvalue weighted by Crippen LogP contribution is 2.30. The van der Waals surface area contributed by atoms with Crippen molar-refractivity contribution in [2.24, 2.45) is 5.92 Å². The van der Waals surface area contributed by atoms with Gasteiger partial charge in [-0.25, -0.2) is 0 Å². The first kappa shape index (κ1) is 13.6. The first-order chi connectivity index (χ1) is 9.74. The summed E-state index contributed by atoms with van der Waals surface area (Å²) in [6.45, 7) is 1.93. The van der Waals surface area contributed by atoms with Gasteiger partial charge in [-0.3, -0.25) is 14.7 Å². The van der Waals surface area contributed by atoms with Gasteiger partial charge in [0.1, 0.15) is 5.69 Å². The minimum atomic E-state index is -0.0283. The Morgan fingerprint density at radius 1 is 1.40 bits per heavy atom. The van der Waals surface area contributed by atoms with Crippen LogP contribution in [0.2, 0.25) is 0 Å². The number of amides is 1. The van der Waals surface area contributed by atoms with E-state index in [1.54, 1.807) is 6.20 Å². The van der Waals surface area contributed by atoms with Gasteiger partial charge < -0.3 is 5.32 Å². The highest BCUT2D eigenvalue weighted by Gasteiger charge is 2.24. The molecule has 1 saturated heterocycles. The quantitative estimate of drug-likeness (QED) is 0.916. The molecular weight excluding hydrogens is 250 g/mol. The third-order valence-corrected chi connectivity index (χ3v) is 4.70. The van der Waals surface area contributed by atoms with Gasteiger partial charge in [-0.1, -0.05) is 6.42 Å². The van der Waals surface area contributed by atoms with Crippen LogP contribution in [-0.2, 0) is 0 Å². The van der Waals surface area contributed by atoms with Crippen molar-refractivity contribution in [2.75, 3.05) is 20.1 Å². The first-order valence-electron chi connectivity index (χ1n) is 7.68. The van der Waals surface area contributed by atoms with E-state index in [-0.39, 0.29) is 5.91 Å². The van der Waals surface area contributed by atoms with Gasteiger partial charge in [-0.2, -0.15) is 0 Å². The van der Waals surface area contributed by atoms with Crippen LogP contribution in [0.1, 0.15) is 54.2 Å². The third-order valence-electron chi connectivity index (χ3n) is 4.70. The molecule has 1 aliphatic heterocycles. The Kier molecular flexibility index (Phi) is 4.01. The molecule has 1 aliphatic carbocycles. The molecule has 1 aromatic rings. The lowest BCUT2D eigenvalue weighted by Gasteiger charge is -2.25. The Balaban J connectivity index is 1.65. The molecule has 1 N–H and O–H groups in total. The van der Waals surface area contributed by atoms with E-state index in [4.69, 9.17) is 0 Å². The number of likely N-dealkylation sites (tertiary alicyclic amines) is 1. The van der Waals surface area contributed by atoms with E-state index < -0.39 is 0 Å². The number of nitrogens with one attached hydrogen (secondary N) is 1. The molecule has 1 amide bonds. The summed E-state index contributed by atoms with van der Waals surface area (Å²) < 4.78 is 0. The van der Waals surface area contributed by atoms with Crippen molar-refractivity contribution in [3.8, 4) is 0 Å². The Labute approximate surface area is 120 Å². The molecule has 0 spiro atoms. The topological polar surface area (TPSA) is 45.2 Å². The smallest absolute Gasteiger partial charge is 0.269 e. The third kappa shape index (κ3) is 2.85. The lowest BCUT2D eigenvalue weighted by molar-refractivity contribution is 0.0934. The van der Waals surface area contributed by atoms with Crippen molar-refractivity contribution < 1.29 is 4.79 Å². The molecule has 0 aromatic carbocycles. The van der Waals surface area contributed by atoms with Crippen molar-refractivity contribution in [2.45, 2.75) is 38.1 Å². The second-order valence-electron chi connectivity index (χ2n) is 6.12. The molecule has 3 rings (SSSR count). The van der Waals surface area contributed by atoms with Crippen LogP contribution in [0.15, 0.2) is 18.3 Å². The van der Waals surface area contributed by atoms with Crippen LogP contribution in [0, 0.1) is 5.92 Å².